The van der Waals surface area contributed by atoms with E-state index in [1.165, 1.54) is 10.7 Å². The Bertz CT molecular complexity index is 531. The zero-order valence-corrected chi connectivity index (χ0v) is 8.35. The van der Waals surface area contributed by atoms with Crippen LogP contribution in [0.25, 0.3) is 5.65 Å². The van der Waals surface area contributed by atoms with Crippen molar-refractivity contribution >= 4 is 5.65 Å². The second-order valence-electron chi connectivity index (χ2n) is 3.36. The van der Waals surface area contributed by atoms with Crippen LogP contribution in [0.2, 0.25) is 0 Å². The molecule has 0 aliphatic carbocycles. The highest BCUT2D eigenvalue weighted by atomic mass is 16.3. The molecule has 6 heteroatoms. The van der Waals surface area contributed by atoms with Gasteiger partial charge in [0.2, 0.25) is 0 Å². The molecule has 0 aromatic carbocycles. The van der Waals surface area contributed by atoms with E-state index in [0.29, 0.717) is 11.2 Å². The van der Waals surface area contributed by atoms with Gasteiger partial charge in [-0.1, -0.05) is 0 Å². The number of nitriles is 1. The summed E-state index contributed by atoms with van der Waals surface area (Å²) in [7, 11) is 0. The van der Waals surface area contributed by atoms with Crippen LogP contribution in [0.15, 0.2) is 24.7 Å². The summed E-state index contributed by atoms with van der Waals surface area (Å²) in [6, 6.07) is 3.51. The monoisotopic (exact) mass is 218 g/mol. The van der Waals surface area contributed by atoms with Gasteiger partial charge in [-0.3, -0.25) is 0 Å². The maximum absolute atomic E-state index is 9.81. The summed E-state index contributed by atoms with van der Waals surface area (Å²) in [6.45, 7) is 0. The summed E-state index contributed by atoms with van der Waals surface area (Å²) in [6.07, 6.45) is 2.30. The topological polar surface area (TPSA) is 94.4 Å². The minimum Gasteiger partial charge on any atom is -0.389 e. The van der Waals surface area contributed by atoms with E-state index in [4.69, 9.17) is 5.26 Å². The Hall–Kier alpha value is -1.97. The van der Waals surface area contributed by atoms with Crippen molar-refractivity contribution in [1.82, 2.24) is 14.6 Å². The summed E-state index contributed by atoms with van der Waals surface area (Å²) in [4.78, 5) is 4.05. The molecule has 82 valence electrons. The van der Waals surface area contributed by atoms with Crippen molar-refractivity contribution < 1.29 is 10.2 Å². The van der Waals surface area contributed by atoms with Crippen LogP contribution in [0.1, 0.15) is 18.1 Å². The van der Waals surface area contributed by atoms with E-state index in [2.05, 4.69) is 10.1 Å². The fourth-order valence-corrected chi connectivity index (χ4v) is 1.47. The molecule has 6 nitrogen and oxygen atoms in total. The van der Waals surface area contributed by atoms with Crippen molar-refractivity contribution in [3.8, 4) is 6.07 Å². The minimum absolute atomic E-state index is 0.134. The van der Waals surface area contributed by atoms with E-state index in [9.17, 15) is 10.2 Å². The van der Waals surface area contributed by atoms with Gasteiger partial charge in [0, 0.05) is 18.0 Å². The summed E-state index contributed by atoms with van der Waals surface area (Å²) in [5.41, 5.74) is 0.898. The van der Waals surface area contributed by atoms with Gasteiger partial charge in [-0.05, 0) is 6.07 Å². The largest absolute Gasteiger partial charge is 0.389 e. The molecule has 0 bridgehead atoms. The number of fused-ring (bicyclic) bond motifs is 1. The van der Waals surface area contributed by atoms with Crippen LogP contribution >= 0.6 is 0 Å². The fourth-order valence-electron chi connectivity index (χ4n) is 1.47. The quantitative estimate of drug-likeness (QED) is 0.758. The van der Waals surface area contributed by atoms with E-state index in [1.807, 2.05) is 0 Å². The molecule has 2 heterocycles. The molecule has 0 fully saturated rings. The van der Waals surface area contributed by atoms with Gasteiger partial charge in [0.05, 0.1) is 24.8 Å². The Balaban J connectivity index is 2.37. The van der Waals surface area contributed by atoms with Gasteiger partial charge in [0.25, 0.3) is 0 Å². The Kier molecular flexibility index (Phi) is 2.81. The maximum Gasteiger partial charge on any atom is 0.160 e. The third-order valence-electron chi connectivity index (χ3n) is 2.29. The van der Waals surface area contributed by atoms with Gasteiger partial charge in [-0.2, -0.15) is 10.4 Å². The molecule has 0 aliphatic rings. The van der Waals surface area contributed by atoms with Gasteiger partial charge in [0.15, 0.2) is 5.65 Å². The van der Waals surface area contributed by atoms with E-state index in [-0.39, 0.29) is 6.42 Å². The second kappa shape index (κ2) is 4.26. The van der Waals surface area contributed by atoms with Gasteiger partial charge in [-0.15, -0.1) is 0 Å². The number of aliphatic hydroxyl groups is 2. The molecular formula is C10H10N4O2. The lowest BCUT2D eigenvalue weighted by Crippen LogP contribution is -2.17. The smallest absolute Gasteiger partial charge is 0.160 e. The average Bonchev–Trinajstić information content (AvgIpc) is 2.72. The lowest BCUT2D eigenvalue weighted by molar-refractivity contribution is 0.0223. The van der Waals surface area contributed by atoms with Crippen LogP contribution in [0.4, 0.5) is 0 Å². The molecular weight excluding hydrogens is 208 g/mol. The normalized spacial score (nSPS) is 14.6. The first-order valence-electron chi connectivity index (χ1n) is 4.75. The fraction of sp³-hybridized carbons (Fsp3) is 0.300. The second-order valence-corrected chi connectivity index (χ2v) is 3.36. The molecule has 2 N–H and O–H groups in total. The predicted octanol–water partition coefficient (Wildman–Crippen LogP) is 0.0373. The summed E-state index contributed by atoms with van der Waals surface area (Å²) in [5.74, 6) is 0. The summed E-state index contributed by atoms with van der Waals surface area (Å²) < 4.78 is 1.50. The molecule has 16 heavy (non-hydrogen) atoms. The van der Waals surface area contributed by atoms with Crippen molar-refractivity contribution in [2.75, 3.05) is 0 Å². The number of aromatic nitrogens is 3. The first kappa shape index (κ1) is 10.5. The Morgan fingerprint density at radius 3 is 3.06 bits per heavy atom. The van der Waals surface area contributed by atoms with Crippen LogP contribution in [-0.2, 0) is 0 Å². The molecule has 2 aromatic heterocycles. The van der Waals surface area contributed by atoms with Crippen LogP contribution in [0.3, 0.4) is 0 Å². The highest BCUT2D eigenvalue weighted by Crippen LogP contribution is 2.21. The Morgan fingerprint density at radius 1 is 1.50 bits per heavy atom. The summed E-state index contributed by atoms with van der Waals surface area (Å²) >= 11 is 0. The SMILES string of the molecule is N#CCC(O)C(O)c1cnn2cccnc12. The zero-order chi connectivity index (χ0) is 11.5. The lowest BCUT2D eigenvalue weighted by atomic mass is 10.1. The van der Waals surface area contributed by atoms with Crippen molar-refractivity contribution in [3.05, 3.63) is 30.2 Å². The minimum atomic E-state index is -1.15. The predicted molar refractivity (Wildman–Crippen MR) is 54.2 cm³/mol. The first-order valence-corrected chi connectivity index (χ1v) is 4.75. The molecule has 0 saturated carbocycles. The molecule has 2 rings (SSSR count). The van der Waals surface area contributed by atoms with Crippen molar-refractivity contribution in [2.45, 2.75) is 18.6 Å². The lowest BCUT2D eigenvalue weighted by Gasteiger charge is -2.13. The van der Waals surface area contributed by atoms with Crippen LogP contribution < -0.4 is 0 Å². The van der Waals surface area contributed by atoms with Crippen molar-refractivity contribution in [3.63, 3.8) is 0 Å². The van der Waals surface area contributed by atoms with E-state index < -0.39 is 12.2 Å². The zero-order valence-electron chi connectivity index (χ0n) is 8.35. The first-order chi connectivity index (χ1) is 7.74. The maximum atomic E-state index is 9.81. The average molecular weight is 218 g/mol. The van der Waals surface area contributed by atoms with Crippen molar-refractivity contribution in [1.29, 1.82) is 5.26 Å². The van der Waals surface area contributed by atoms with Crippen molar-refractivity contribution in [2.24, 2.45) is 0 Å². The molecule has 2 unspecified atom stereocenters. The number of hydrogen-bond acceptors (Lipinski definition) is 5. The number of hydrogen-bond donors (Lipinski definition) is 2. The molecule has 0 spiro atoms. The van der Waals surface area contributed by atoms with Crippen LogP contribution in [0, 0.1) is 11.3 Å². The number of nitrogens with zero attached hydrogens (tertiary/aromatic N) is 4. The van der Waals surface area contributed by atoms with E-state index in [1.54, 1.807) is 24.5 Å². The molecule has 2 atom stereocenters. The van der Waals surface area contributed by atoms with Crippen LogP contribution in [-0.4, -0.2) is 30.9 Å². The Labute approximate surface area is 91.4 Å². The Morgan fingerprint density at radius 2 is 2.31 bits per heavy atom. The summed E-state index contributed by atoms with van der Waals surface area (Å²) in [5, 5.41) is 31.7. The molecule has 0 saturated heterocycles. The number of rotatable bonds is 3. The van der Waals surface area contributed by atoms with Gasteiger partial charge in [0.1, 0.15) is 6.10 Å². The third kappa shape index (κ3) is 1.74. The van der Waals surface area contributed by atoms with E-state index in [0.717, 1.165) is 0 Å². The van der Waals surface area contributed by atoms with Gasteiger partial charge < -0.3 is 10.2 Å². The van der Waals surface area contributed by atoms with E-state index >= 15 is 0 Å². The van der Waals surface area contributed by atoms with Gasteiger partial charge in [-0.25, -0.2) is 9.50 Å². The third-order valence-corrected chi connectivity index (χ3v) is 2.29. The molecule has 0 amide bonds. The molecule has 0 aliphatic heterocycles. The number of aliphatic hydroxyl groups excluding tert-OH is 2. The highest BCUT2D eigenvalue weighted by Gasteiger charge is 2.22. The molecule has 0 radical (unpaired) electrons. The highest BCUT2D eigenvalue weighted by molar-refractivity contribution is 5.47. The van der Waals surface area contributed by atoms with Crippen LogP contribution in [0.5, 0.6) is 0 Å². The van der Waals surface area contributed by atoms with Gasteiger partial charge >= 0.3 is 0 Å². The molecule has 2 aromatic rings. The standard InChI is InChI=1S/C10H10N4O2/c11-3-2-8(15)9(16)7-6-13-14-5-1-4-12-10(7)14/h1,4-6,8-9,15-16H,2H2.